The van der Waals surface area contributed by atoms with Crippen molar-refractivity contribution >= 4 is 11.7 Å². The zero-order chi connectivity index (χ0) is 17.1. The summed E-state index contributed by atoms with van der Waals surface area (Å²) in [5, 5.41) is 11.5. The normalized spacial score (nSPS) is 10.6. The number of carbonyl (C=O) groups is 1. The Bertz CT molecular complexity index is 851. The zero-order valence-electron chi connectivity index (χ0n) is 13.9. The highest BCUT2D eigenvalue weighted by molar-refractivity contribution is 6.03. The predicted molar refractivity (Wildman–Crippen MR) is 90.7 cm³/mol. The minimum Gasteiger partial charge on any atom is -0.480 e. The summed E-state index contributed by atoms with van der Waals surface area (Å²) in [5.41, 5.74) is 2.14. The van der Waals surface area contributed by atoms with E-state index in [0.717, 1.165) is 17.9 Å². The molecule has 0 spiro atoms. The van der Waals surface area contributed by atoms with Crippen LogP contribution in [0.15, 0.2) is 42.5 Å². The van der Waals surface area contributed by atoms with Gasteiger partial charge in [0.1, 0.15) is 5.69 Å². The molecule has 0 bridgehead atoms. The molecule has 0 unspecified atom stereocenters. The lowest BCUT2D eigenvalue weighted by atomic mass is 10.3. The molecule has 3 aromatic rings. The van der Waals surface area contributed by atoms with Gasteiger partial charge in [-0.3, -0.25) is 9.48 Å². The number of carbonyl (C=O) groups excluding carboxylic acids is 1. The Hall–Kier alpha value is -3.09. The molecular weight excluding hydrogens is 306 g/mol. The maximum absolute atomic E-state index is 12.7. The highest BCUT2D eigenvalue weighted by Crippen LogP contribution is 2.18. The van der Waals surface area contributed by atoms with E-state index in [1.54, 1.807) is 10.7 Å². The van der Waals surface area contributed by atoms with Crippen molar-refractivity contribution in [3.63, 3.8) is 0 Å². The first-order chi connectivity index (χ1) is 11.6. The minimum absolute atomic E-state index is 0.296. The second kappa shape index (κ2) is 6.57. The third-order valence-electron chi connectivity index (χ3n) is 3.65. The number of aryl methyl sites for hydroxylation is 2. The molecule has 1 amide bonds. The fraction of sp³-hybridized carbons (Fsp3) is 0.235. The quantitative estimate of drug-likeness (QED) is 0.782. The van der Waals surface area contributed by atoms with Crippen LogP contribution in [0.2, 0.25) is 0 Å². The molecular formula is C17H19N5O2. The van der Waals surface area contributed by atoms with E-state index in [2.05, 4.69) is 15.5 Å². The van der Waals surface area contributed by atoms with Crippen LogP contribution in [0.5, 0.6) is 5.88 Å². The Morgan fingerprint density at radius 3 is 2.58 bits per heavy atom. The van der Waals surface area contributed by atoms with Crippen molar-refractivity contribution in [2.24, 2.45) is 0 Å². The van der Waals surface area contributed by atoms with Crippen molar-refractivity contribution in [2.75, 3.05) is 12.4 Å². The molecule has 0 fully saturated rings. The molecule has 2 aromatic heterocycles. The molecule has 0 saturated heterocycles. The summed E-state index contributed by atoms with van der Waals surface area (Å²) in [6.07, 6.45) is 0. The van der Waals surface area contributed by atoms with Gasteiger partial charge in [-0.15, -0.1) is 5.10 Å². The molecule has 0 atom stereocenters. The number of amides is 1. The second-order valence-electron chi connectivity index (χ2n) is 5.26. The first-order valence-corrected chi connectivity index (χ1v) is 7.67. The first-order valence-electron chi connectivity index (χ1n) is 7.67. The van der Waals surface area contributed by atoms with E-state index in [4.69, 9.17) is 4.74 Å². The van der Waals surface area contributed by atoms with Crippen LogP contribution in [0.1, 0.15) is 23.1 Å². The molecule has 1 N–H and O–H groups in total. The Morgan fingerprint density at radius 2 is 1.96 bits per heavy atom. The summed E-state index contributed by atoms with van der Waals surface area (Å²) >= 11 is 0. The van der Waals surface area contributed by atoms with Crippen molar-refractivity contribution in [3.8, 4) is 11.6 Å². The highest BCUT2D eigenvalue weighted by atomic mass is 16.5. The lowest BCUT2D eigenvalue weighted by Gasteiger charge is -2.06. The molecule has 0 radical (unpaired) electrons. The van der Waals surface area contributed by atoms with E-state index < -0.39 is 0 Å². The van der Waals surface area contributed by atoms with E-state index in [-0.39, 0.29) is 5.91 Å². The lowest BCUT2D eigenvalue weighted by Crippen LogP contribution is -2.17. The minimum atomic E-state index is -0.296. The van der Waals surface area contributed by atoms with Crippen molar-refractivity contribution < 1.29 is 9.53 Å². The Balaban J connectivity index is 1.93. The third kappa shape index (κ3) is 3.01. The summed E-state index contributed by atoms with van der Waals surface area (Å²) in [4.78, 5) is 12.7. The second-order valence-corrected chi connectivity index (χ2v) is 5.26. The number of ether oxygens (including phenoxy) is 1. The maximum atomic E-state index is 12.7. The molecule has 0 aliphatic heterocycles. The van der Waals surface area contributed by atoms with Gasteiger partial charge in [-0.25, -0.2) is 4.68 Å². The Morgan fingerprint density at radius 1 is 1.21 bits per heavy atom. The number of methoxy groups -OCH3 is 1. The van der Waals surface area contributed by atoms with Crippen molar-refractivity contribution in [1.82, 2.24) is 19.6 Å². The Kier molecular flexibility index (Phi) is 4.33. The zero-order valence-corrected chi connectivity index (χ0v) is 13.9. The van der Waals surface area contributed by atoms with Gasteiger partial charge in [-0.05, 0) is 26.0 Å². The van der Waals surface area contributed by atoms with E-state index in [0.29, 0.717) is 17.4 Å². The fourth-order valence-corrected chi connectivity index (χ4v) is 2.46. The van der Waals surface area contributed by atoms with Crippen LogP contribution in [0.3, 0.4) is 0 Å². The third-order valence-corrected chi connectivity index (χ3v) is 3.65. The predicted octanol–water partition coefficient (Wildman–Crippen LogP) is 2.66. The van der Waals surface area contributed by atoms with Crippen LogP contribution in [-0.2, 0) is 6.54 Å². The first kappa shape index (κ1) is 15.8. The van der Waals surface area contributed by atoms with E-state index in [9.17, 15) is 4.79 Å². The van der Waals surface area contributed by atoms with Crippen molar-refractivity contribution in [2.45, 2.75) is 20.4 Å². The van der Waals surface area contributed by atoms with Gasteiger partial charge in [0.05, 0.1) is 12.8 Å². The molecule has 0 aliphatic carbocycles. The van der Waals surface area contributed by atoms with Gasteiger partial charge in [-0.1, -0.05) is 18.2 Å². The van der Waals surface area contributed by atoms with E-state index in [1.165, 1.54) is 7.11 Å². The number of hydrogen-bond acceptors (Lipinski definition) is 4. The summed E-state index contributed by atoms with van der Waals surface area (Å²) in [6, 6.07) is 12.9. The largest absolute Gasteiger partial charge is 0.480 e. The molecule has 7 heteroatoms. The molecule has 3 rings (SSSR count). The van der Waals surface area contributed by atoms with Crippen LogP contribution in [-0.4, -0.2) is 32.6 Å². The molecule has 0 aliphatic rings. The van der Waals surface area contributed by atoms with Gasteiger partial charge in [0.25, 0.3) is 5.91 Å². The number of para-hydroxylation sites is 1. The number of nitrogens with zero attached hydrogens (tertiary/aromatic N) is 4. The standard InChI is InChI=1S/C17H19N5O2/c1-4-21-12(2)10-15(19-21)18-17(23)14-11-16(24-3)20-22(14)13-8-6-5-7-9-13/h5-11H,4H2,1-3H3,(H,18,19,23). The van der Waals surface area contributed by atoms with Crippen LogP contribution in [0.4, 0.5) is 5.82 Å². The van der Waals surface area contributed by atoms with Crippen molar-refractivity contribution in [1.29, 1.82) is 0 Å². The van der Waals surface area contributed by atoms with Crippen LogP contribution < -0.4 is 10.1 Å². The molecule has 1 aromatic carbocycles. The lowest BCUT2D eigenvalue weighted by molar-refractivity contribution is 0.101. The summed E-state index contributed by atoms with van der Waals surface area (Å²) in [5.74, 6) is 0.591. The monoisotopic (exact) mass is 325 g/mol. The molecule has 124 valence electrons. The van der Waals surface area contributed by atoms with Crippen LogP contribution >= 0.6 is 0 Å². The van der Waals surface area contributed by atoms with Gasteiger partial charge >= 0.3 is 0 Å². The number of nitrogens with one attached hydrogen (secondary N) is 1. The number of hydrogen-bond donors (Lipinski definition) is 1. The summed E-state index contributed by atoms with van der Waals surface area (Å²) in [6.45, 7) is 4.70. The highest BCUT2D eigenvalue weighted by Gasteiger charge is 2.18. The van der Waals surface area contributed by atoms with Gasteiger partial charge in [0, 0.05) is 24.4 Å². The molecule has 7 nitrogen and oxygen atoms in total. The summed E-state index contributed by atoms with van der Waals surface area (Å²) in [7, 11) is 1.52. The fourth-order valence-electron chi connectivity index (χ4n) is 2.46. The number of aromatic nitrogens is 4. The van der Waals surface area contributed by atoms with Gasteiger partial charge in [0.2, 0.25) is 5.88 Å². The molecule has 0 saturated carbocycles. The molecule has 2 heterocycles. The van der Waals surface area contributed by atoms with Gasteiger partial charge in [0.15, 0.2) is 5.82 Å². The van der Waals surface area contributed by atoms with Gasteiger partial charge < -0.3 is 10.1 Å². The van der Waals surface area contributed by atoms with Gasteiger partial charge in [-0.2, -0.15) is 5.10 Å². The average molecular weight is 325 g/mol. The molecule has 24 heavy (non-hydrogen) atoms. The topological polar surface area (TPSA) is 74.0 Å². The number of benzene rings is 1. The SMILES string of the molecule is CCn1nc(NC(=O)c2cc(OC)nn2-c2ccccc2)cc1C. The smallest absolute Gasteiger partial charge is 0.275 e. The average Bonchev–Trinajstić information content (AvgIpc) is 3.19. The Labute approximate surface area is 139 Å². The van der Waals surface area contributed by atoms with Crippen molar-refractivity contribution in [3.05, 3.63) is 53.9 Å². The van der Waals surface area contributed by atoms with E-state index >= 15 is 0 Å². The number of rotatable bonds is 5. The van der Waals surface area contributed by atoms with E-state index in [1.807, 2.05) is 54.9 Å². The van der Waals surface area contributed by atoms with Crippen LogP contribution in [0.25, 0.3) is 5.69 Å². The number of anilines is 1. The maximum Gasteiger partial charge on any atom is 0.275 e. The summed E-state index contributed by atoms with van der Waals surface area (Å²) < 4.78 is 8.54. The van der Waals surface area contributed by atoms with Crippen LogP contribution in [0, 0.1) is 6.92 Å².